The van der Waals surface area contributed by atoms with E-state index < -0.39 is 4.92 Å². The van der Waals surface area contributed by atoms with Crippen molar-refractivity contribution >= 4 is 11.4 Å². The van der Waals surface area contributed by atoms with Gasteiger partial charge in [0.05, 0.1) is 4.92 Å². The van der Waals surface area contributed by atoms with Crippen molar-refractivity contribution in [3.05, 3.63) is 34.4 Å². The third kappa shape index (κ3) is 3.20. The van der Waals surface area contributed by atoms with E-state index in [-0.39, 0.29) is 18.3 Å². The van der Waals surface area contributed by atoms with Gasteiger partial charge in [-0.2, -0.15) is 0 Å². The van der Waals surface area contributed by atoms with Gasteiger partial charge in [-0.25, -0.2) is 0 Å². The Morgan fingerprint density at radius 2 is 2.19 bits per heavy atom. The van der Waals surface area contributed by atoms with E-state index in [9.17, 15) is 10.1 Å². The molecule has 0 aromatic heterocycles. The van der Waals surface area contributed by atoms with Gasteiger partial charge in [-0.15, -0.1) is 0 Å². The van der Waals surface area contributed by atoms with Crippen LogP contribution in [-0.2, 0) is 0 Å². The van der Waals surface area contributed by atoms with E-state index in [2.05, 4.69) is 5.32 Å². The lowest BCUT2D eigenvalue weighted by molar-refractivity contribution is -0.384. The van der Waals surface area contributed by atoms with Crippen molar-refractivity contribution in [1.82, 2.24) is 0 Å². The fourth-order valence-electron chi connectivity index (χ4n) is 1.51. The summed E-state index contributed by atoms with van der Waals surface area (Å²) in [4.78, 5) is 10.4. The Hall–Kier alpha value is -1.62. The fourth-order valence-corrected chi connectivity index (χ4v) is 1.51. The summed E-state index contributed by atoms with van der Waals surface area (Å²) in [5.74, 6) is 0. The van der Waals surface area contributed by atoms with Crippen LogP contribution in [0.15, 0.2) is 24.3 Å². The highest BCUT2D eigenvalue weighted by Crippen LogP contribution is 2.24. The Morgan fingerprint density at radius 1 is 1.50 bits per heavy atom. The molecule has 0 aliphatic rings. The molecule has 0 spiro atoms. The van der Waals surface area contributed by atoms with Crippen LogP contribution in [0.4, 0.5) is 11.4 Å². The van der Waals surface area contributed by atoms with Gasteiger partial charge in [-0.3, -0.25) is 10.1 Å². The number of nitro groups is 1. The Morgan fingerprint density at radius 3 is 2.75 bits per heavy atom. The fraction of sp³-hybridized carbons (Fsp3) is 0.455. The molecule has 0 saturated carbocycles. The Kier molecular flexibility index (Phi) is 4.72. The molecule has 0 heterocycles. The van der Waals surface area contributed by atoms with Crippen molar-refractivity contribution in [2.75, 3.05) is 11.9 Å². The SMILES string of the molecule is CCC(CCO)Nc1ccccc1[N+](=O)[O-]. The highest BCUT2D eigenvalue weighted by Gasteiger charge is 2.14. The number of anilines is 1. The van der Waals surface area contributed by atoms with E-state index in [4.69, 9.17) is 5.11 Å². The summed E-state index contributed by atoms with van der Waals surface area (Å²) in [7, 11) is 0. The number of rotatable bonds is 6. The zero-order valence-electron chi connectivity index (χ0n) is 9.22. The topological polar surface area (TPSA) is 75.4 Å². The van der Waals surface area contributed by atoms with Gasteiger partial charge in [-0.1, -0.05) is 19.1 Å². The minimum atomic E-state index is -0.409. The summed E-state index contributed by atoms with van der Waals surface area (Å²) in [6.45, 7) is 2.05. The minimum Gasteiger partial charge on any atom is -0.396 e. The number of hydrogen-bond donors (Lipinski definition) is 2. The van der Waals surface area contributed by atoms with Gasteiger partial charge in [-0.05, 0) is 18.9 Å². The predicted octanol–water partition coefficient (Wildman–Crippen LogP) is 2.17. The largest absolute Gasteiger partial charge is 0.396 e. The molecule has 0 aliphatic heterocycles. The number of aliphatic hydroxyl groups is 1. The van der Waals surface area contributed by atoms with Crippen LogP contribution in [0.1, 0.15) is 19.8 Å². The number of aliphatic hydroxyl groups excluding tert-OH is 1. The minimum absolute atomic E-state index is 0.0612. The highest BCUT2D eigenvalue weighted by atomic mass is 16.6. The summed E-state index contributed by atoms with van der Waals surface area (Å²) in [5, 5.41) is 22.7. The van der Waals surface area contributed by atoms with Crippen LogP contribution >= 0.6 is 0 Å². The first-order valence-corrected chi connectivity index (χ1v) is 5.29. The standard InChI is InChI=1S/C11H16N2O3/c1-2-9(7-8-14)12-10-5-3-4-6-11(10)13(15)16/h3-6,9,12,14H,2,7-8H2,1H3. The summed E-state index contributed by atoms with van der Waals surface area (Å²) in [5.41, 5.74) is 0.576. The second-order valence-corrected chi connectivity index (χ2v) is 3.54. The molecule has 0 radical (unpaired) electrons. The average molecular weight is 224 g/mol. The van der Waals surface area contributed by atoms with Crippen LogP contribution < -0.4 is 5.32 Å². The first-order chi connectivity index (χ1) is 7.69. The van der Waals surface area contributed by atoms with Crippen LogP contribution in [0.5, 0.6) is 0 Å². The van der Waals surface area contributed by atoms with Crippen molar-refractivity contribution in [2.24, 2.45) is 0 Å². The zero-order chi connectivity index (χ0) is 12.0. The van der Waals surface area contributed by atoms with Crippen LogP contribution in [-0.4, -0.2) is 22.7 Å². The van der Waals surface area contributed by atoms with Gasteiger partial charge in [0, 0.05) is 18.7 Å². The Bertz CT molecular complexity index is 355. The maximum absolute atomic E-state index is 10.8. The third-order valence-electron chi connectivity index (χ3n) is 2.43. The summed E-state index contributed by atoms with van der Waals surface area (Å²) < 4.78 is 0. The van der Waals surface area contributed by atoms with Crippen LogP contribution in [0.25, 0.3) is 0 Å². The summed E-state index contributed by atoms with van der Waals surface area (Å²) in [6.07, 6.45) is 1.40. The van der Waals surface area contributed by atoms with Gasteiger partial charge in [0.1, 0.15) is 5.69 Å². The first-order valence-electron chi connectivity index (χ1n) is 5.29. The molecule has 5 nitrogen and oxygen atoms in total. The maximum Gasteiger partial charge on any atom is 0.292 e. The lowest BCUT2D eigenvalue weighted by atomic mass is 10.1. The Balaban J connectivity index is 2.82. The quantitative estimate of drug-likeness (QED) is 0.573. The number of nitrogens with zero attached hydrogens (tertiary/aromatic N) is 1. The van der Waals surface area contributed by atoms with Crippen molar-refractivity contribution in [3.63, 3.8) is 0 Å². The summed E-state index contributed by atoms with van der Waals surface area (Å²) in [6, 6.07) is 6.59. The van der Waals surface area contributed by atoms with Crippen LogP contribution in [0.3, 0.4) is 0 Å². The molecule has 1 rings (SSSR count). The molecule has 0 saturated heterocycles. The van der Waals surface area contributed by atoms with E-state index in [1.54, 1.807) is 18.2 Å². The second kappa shape index (κ2) is 6.07. The number of para-hydroxylation sites is 2. The second-order valence-electron chi connectivity index (χ2n) is 3.54. The van der Waals surface area contributed by atoms with Gasteiger partial charge in [0.15, 0.2) is 0 Å². The molecule has 0 amide bonds. The van der Waals surface area contributed by atoms with Gasteiger partial charge < -0.3 is 10.4 Å². The molecular weight excluding hydrogens is 208 g/mol. The Labute approximate surface area is 94.3 Å². The molecule has 1 aromatic rings. The first kappa shape index (κ1) is 12.4. The molecule has 2 N–H and O–H groups in total. The number of benzene rings is 1. The van der Waals surface area contributed by atoms with Gasteiger partial charge in [0.25, 0.3) is 5.69 Å². The maximum atomic E-state index is 10.8. The smallest absolute Gasteiger partial charge is 0.292 e. The molecule has 1 unspecified atom stereocenters. The van der Waals surface area contributed by atoms with E-state index >= 15 is 0 Å². The molecule has 0 fully saturated rings. The molecule has 88 valence electrons. The zero-order valence-corrected chi connectivity index (χ0v) is 9.22. The molecule has 16 heavy (non-hydrogen) atoms. The van der Waals surface area contributed by atoms with E-state index in [1.807, 2.05) is 6.92 Å². The molecule has 0 aliphatic carbocycles. The predicted molar refractivity (Wildman–Crippen MR) is 62.5 cm³/mol. The summed E-state index contributed by atoms with van der Waals surface area (Å²) >= 11 is 0. The molecule has 1 aromatic carbocycles. The van der Waals surface area contributed by atoms with Crippen molar-refractivity contribution in [1.29, 1.82) is 0 Å². The van der Waals surface area contributed by atoms with Crippen LogP contribution in [0.2, 0.25) is 0 Å². The van der Waals surface area contributed by atoms with Gasteiger partial charge in [0.2, 0.25) is 0 Å². The van der Waals surface area contributed by atoms with Crippen molar-refractivity contribution < 1.29 is 10.0 Å². The monoisotopic (exact) mass is 224 g/mol. The number of nitrogens with one attached hydrogen (secondary N) is 1. The van der Waals surface area contributed by atoms with E-state index in [1.165, 1.54) is 6.07 Å². The van der Waals surface area contributed by atoms with Crippen molar-refractivity contribution in [3.8, 4) is 0 Å². The van der Waals surface area contributed by atoms with E-state index in [0.717, 1.165) is 6.42 Å². The molecular formula is C11H16N2O3. The van der Waals surface area contributed by atoms with E-state index in [0.29, 0.717) is 12.1 Å². The highest BCUT2D eigenvalue weighted by molar-refractivity contribution is 5.61. The average Bonchev–Trinajstić information content (AvgIpc) is 2.29. The lowest BCUT2D eigenvalue weighted by Crippen LogP contribution is -2.20. The van der Waals surface area contributed by atoms with Crippen LogP contribution in [0, 0.1) is 10.1 Å². The molecule has 5 heteroatoms. The third-order valence-corrected chi connectivity index (χ3v) is 2.43. The number of hydrogen-bond acceptors (Lipinski definition) is 4. The van der Waals surface area contributed by atoms with Gasteiger partial charge >= 0.3 is 0 Å². The van der Waals surface area contributed by atoms with Crippen molar-refractivity contribution in [2.45, 2.75) is 25.8 Å². The molecule has 1 atom stereocenters. The normalized spacial score (nSPS) is 12.1. The number of nitro benzene ring substituents is 1. The molecule has 0 bridgehead atoms. The lowest BCUT2D eigenvalue weighted by Gasteiger charge is -2.16.